The lowest BCUT2D eigenvalue weighted by molar-refractivity contribution is -0.173. The van der Waals surface area contributed by atoms with E-state index in [1.807, 2.05) is 23.1 Å². The van der Waals surface area contributed by atoms with Gasteiger partial charge in [0.2, 0.25) is 0 Å². The van der Waals surface area contributed by atoms with Gasteiger partial charge in [0.1, 0.15) is 0 Å². The maximum atomic E-state index is 13.0. The molecule has 0 aromatic heterocycles. The van der Waals surface area contributed by atoms with E-state index in [0.29, 0.717) is 24.9 Å². The van der Waals surface area contributed by atoms with Gasteiger partial charge in [-0.2, -0.15) is 0 Å². The Kier molecular flexibility index (Phi) is 5.00. The van der Waals surface area contributed by atoms with Crippen LogP contribution in [-0.2, 0) is 14.3 Å². The van der Waals surface area contributed by atoms with Crippen LogP contribution in [0.2, 0.25) is 0 Å². The smallest absolute Gasteiger partial charge is 0.310 e. The molecule has 0 spiro atoms. The number of amides is 1. The topological polar surface area (TPSA) is 49.9 Å². The van der Waals surface area contributed by atoms with E-state index in [2.05, 4.69) is 17.0 Å². The molecule has 1 unspecified atom stereocenters. The van der Waals surface area contributed by atoms with E-state index < -0.39 is 6.10 Å². The number of carbonyl (C=O) groups is 2. The second-order valence-corrected chi connectivity index (χ2v) is 9.68. The lowest BCUT2D eigenvalue weighted by Crippen LogP contribution is -2.53. The first-order valence-electron chi connectivity index (χ1n) is 11.4. The van der Waals surface area contributed by atoms with E-state index in [4.69, 9.17) is 4.74 Å². The Morgan fingerprint density at radius 2 is 1.48 bits per heavy atom. The molecule has 1 aromatic rings. The Hall–Kier alpha value is -2.04. The molecule has 5 nitrogen and oxygen atoms in total. The van der Waals surface area contributed by atoms with Gasteiger partial charge in [0.05, 0.1) is 5.92 Å². The molecule has 1 atom stereocenters. The summed E-state index contributed by atoms with van der Waals surface area (Å²) in [4.78, 5) is 30.0. The molecule has 4 bridgehead atoms. The van der Waals surface area contributed by atoms with Crippen molar-refractivity contribution >= 4 is 17.6 Å². The number of ether oxygens (including phenoxy) is 1. The van der Waals surface area contributed by atoms with E-state index >= 15 is 0 Å². The summed E-state index contributed by atoms with van der Waals surface area (Å²) in [7, 11) is 0. The zero-order chi connectivity index (χ0) is 20.0. The van der Waals surface area contributed by atoms with Crippen LogP contribution in [0.1, 0.15) is 39.0 Å². The lowest BCUT2D eigenvalue weighted by Gasteiger charge is -2.53. The van der Waals surface area contributed by atoms with Crippen LogP contribution in [-0.4, -0.2) is 49.1 Å². The average molecular weight is 397 g/mol. The highest BCUT2D eigenvalue weighted by Crippen LogP contribution is 2.56. The summed E-state index contributed by atoms with van der Waals surface area (Å²) in [5, 5.41) is 0. The van der Waals surface area contributed by atoms with Gasteiger partial charge >= 0.3 is 5.97 Å². The molecule has 6 rings (SSSR count). The lowest BCUT2D eigenvalue weighted by atomic mass is 9.52. The van der Waals surface area contributed by atoms with Gasteiger partial charge < -0.3 is 14.5 Å². The molecule has 156 valence electrons. The third kappa shape index (κ3) is 3.64. The molecule has 1 heterocycles. The number of piperazine rings is 1. The number of anilines is 1. The molecular weight excluding hydrogens is 364 g/mol. The fourth-order valence-corrected chi connectivity index (χ4v) is 6.69. The van der Waals surface area contributed by atoms with Crippen LogP contribution in [0.3, 0.4) is 0 Å². The number of para-hydroxylation sites is 1. The van der Waals surface area contributed by atoms with E-state index in [-0.39, 0.29) is 17.8 Å². The Bertz CT molecular complexity index is 729. The number of carbonyl (C=O) groups excluding carboxylic acids is 2. The monoisotopic (exact) mass is 396 g/mol. The van der Waals surface area contributed by atoms with Gasteiger partial charge in [0.15, 0.2) is 6.10 Å². The van der Waals surface area contributed by atoms with Gasteiger partial charge in [-0.1, -0.05) is 18.2 Å². The van der Waals surface area contributed by atoms with Gasteiger partial charge in [-0.15, -0.1) is 0 Å². The molecule has 5 fully saturated rings. The van der Waals surface area contributed by atoms with Gasteiger partial charge in [0, 0.05) is 31.9 Å². The van der Waals surface area contributed by atoms with Crippen molar-refractivity contribution < 1.29 is 14.3 Å². The fraction of sp³-hybridized carbons (Fsp3) is 0.667. The first-order chi connectivity index (χ1) is 14.1. The van der Waals surface area contributed by atoms with Gasteiger partial charge in [0.25, 0.3) is 5.91 Å². The summed E-state index contributed by atoms with van der Waals surface area (Å²) < 4.78 is 5.76. The Morgan fingerprint density at radius 1 is 0.897 bits per heavy atom. The molecule has 1 saturated heterocycles. The molecule has 0 radical (unpaired) electrons. The minimum atomic E-state index is -0.678. The number of nitrogens with zero attached hydrogens (tertiary/aromatic N) is 2. The Labute approximate surface area is 173 Å². The number of benzene rings is 1. The van der Waals surface area contributed by atoms with E-state index in [9.17, 15) is 9.59 Å². The highest BCUT2D eigenvalue weighted by atomic mass is 16.5. The van der Waals surface area contributed by atoms with Crippen LogP contribution in [0.4, 0.5) is 5.69 Å². The van der Waals surface area contributed by atoms with Crippen molar-refractivity contribution in [1.82, 2.24) is 4.90 Å². The Morgan fingerprint density at radius 3 is 2.07 bits per heavy atom. The maximum Gasteiger partial charge on any atom is 0.310 e. The standard InChI is InChI=1S/C24H32N2O3/c1-16(23(27)26-9-7-25(8-10-26)21-5-3-2-4-6-21)29-24(28)22-19-12-17-11-18(14-19)15-20(22)13-17/h2-6,16-20,22H,7-15H2,1H3. The van der Waals surface area contributed by atoms with Crippen LogP contribution in [0.25, 0.3) is 0 Å². The minimum Gasteiger partial charge on any atom is -0.452 e. The Balaban J connectivity index is 1.15. The van der Waals surface area contributed by atoms with Crippen molar-refractivity contribution in [3.05, 3.63) is 30.3 Å². The van der Waals surface area contributed by atoms with Crippen LogP contribution in [0, 0.1) is 29.6 Å². The number of rotatable bonds is 4. The molecule has 1 amide bonds. The second kappa shape index (κ2) is 7.66. The molecule has 1 aliphatic heterocycles. The van der Waals surface area contributed by atoms with Crippen LogP contribution in [0.5, 0.6) is 0 Å². The van der Waals surface area contributed by atoms with Crippen LogP contribution >= 0.6 is 0 Å². The zero-order valence-corrected chi connectivity index (χ0v) is 17.3. The molecule has 29 heavy (non-hydrogen) atoms. The number of hydrogen-bond donors (Lipinski definition) is 0. The third-order valence-electron chi connectivity index (χ3n) is 7.85. The zero-order valence-electron chi connectivity index (χ0n) is 17.3. The summed E-state index contributed by atoms with van der Waals surface area (Å²) in [6.45, 7) is 4.72. The first-order valence-corrected chi connectivity index (χ1v) is 11.4. The number of hydrogen-bond acceptors (Lipinski definition) is 4. The van der Waals surface area contributed by atoms with Gasteiger partial charge in [-0.05, 0) is 74.8 Å². The van der Waals surface area contributed by atoms with Crippen molar-refractivity contribution in [3.8, 4) is 0 Å². The molecule has 4 aliphatic carbocycles. The summed E-state index contributed by atoms with van der Waals surface area (Å²) in [6.07, 6.45) is 5.46. The largest absolute Gasteiger partial charge is 0.452 e. The molecule has 5 aliphatic rings. The molecule has 5 heteroatoms. The fourth-order valence-electron chi connectivity index (χ4n) is 6.69. The SMILES string of the molecule is CC(OC(=O)C1C2CC3CC(C2)CC1C3)C(=O)N1CCN(c2ccccc2)CC1. The average Bonchev–Trinajstić information content (AvgIpc) is 2.73. The van der Waals surface area contributed by atoms with Gasteiger partial charge in [-0.3, -0.25) is 9.59 Å². The maximum absolute atomic E-state index is 13.0. The van der Waals surface area contributed by atoms with Crippen LogP contribution < -0.4 is 4.90 Å². The number of esters is 1. The molecule has 4 saturated carbocycles. The highest BCUT2D eigenvalue weighted by Gasteiger charge is 2.51. The van der Waals surface area contributed by atoms with Gasteiger partial charge in [-0.25, -0.2) is 0 Å². The highest BCUT2D eigenvalue weighted by molar-refractivity contribution is 5.84. The van der Waals surface area contributed by atoms with Crippen molar-refractivity contribution in [2.75, 3.05) is 31.1 Å². The van der Waals surface area contributed by atoms with E-state index in [1.165, 1.54) is 37.8 Å². The normalized spacial score (nSPS) is 34.2. The molecule has 1 aromatic carbocycles. The molecular formula is C24H32N2O3. The summed E-state index contributed by atoms with van der Waals surface area (Å²) in [6, 6.07) is 10.3. The van der Waals surface area contributed by atoms with Crippen molar-refractivity contribution in [2.45, 2.75) is 45.1 Å². The minimum absolute atomic E-state index is 0.0352. The first kappa shape index (κ1) is 19.0. The second-order valence-electron chi connectivity index (χ2n) is 9.68. The van der Waals surface area contributed by atoms with Crippen LogP contribution in [0.15, 0.2) is 30.3 Å². The molecule has 0 N–H and O–H groups in total. The summed E-state index contributed by atoms with van der Waals surface area (Å²) in [5.41, 5.74) is 1.20. The quantitative estimate of drug-likeness (QED) is 0.733. The van der Waals surface area contributed by atoms with Crippen molar-refractivity contribution in [2.24, 2.45) is 29.6 Å². The predicted molar refractivity (Wildman–Crippen MR) is 111 cm³/mol. The third-order valence-corrected chi connectivity index (χ3v) is 7.85. The predicted octanol–water partition coefficient (Wildman–Crippen LogP) is 3.34. The van der Waals surface area contributed by atoms with E-state index in [1.54, 1.807) is 6.92 Å². The van der Waals surface area contributed by atoms with E-state index in [0.717, 1.165) is 24.9 Å². The van der Waals surface area contributed by atoms with Crippen molar-refractivity contribution in [1.29, 1.82) is 0 Å². The summed E-state index contributed by atoms with van der Waals surface area (Å²) >= 11 is 0. The summed E-state index contributed by atoms with van der Waals surface area (Å²) in [5.74, 6) is 2.54. The van der Waals surface area contributed by atoms with Crippen molar-refractivity contribution in [3.63, 3.8) is 0 Å².